The third kappa shape index (κ3) is 4.13. The lowest BCUT2D eigenvalue weighted by atomic mass is 10.1. The Morgan fingerprint density at radius 3 is 2.67 bits per heavy atom. The van der Waals surface area contributed by atoms with Crippen molar-refractivity contribution in [3.63, 3.8) is 0 Å². The van der Waals surface area contributed by atoms with Crippen LogP contribution in [0.25, 0.3) is 17.6 Å². The van der Waals surface area contributed by atoms with Gasteiger partial charge in [-0.25, -0.2) is 9.67 Å². The molecule has 2 rings (SSSR count). The van der Waals surface area contributed by atoms with Crippen LogP contribution in [0.4, 0.5) is 13.2 Å². The molecule has 0 fully saturated rings. The third-order valence-electron chi connectivity index (χ3n) is 2.53. The van der Waals surface area contributed by atoms with Gasteiger partial charge in [-0.2, -0.15) is 13.2 Å². The number of hydrogen-bond donors (Lipinski definition) is 0. The molecule has 0 atom stereocenters. The number of aromatic nitrogens is 3. The molecule has 2 aromatic rings. The molecule has 0 N–H and O–H groups in total. The van der Waals surface area contributed by atoms with E-state index in [-0.39, 0.29) is 15.2 Å². The second kappa shape index (κ2) is 5.96. The number of rotatable bonds is 3. The summed E-state index contributed by atoms with van der Waals surface area (Å²) in [6.45, 7) is 1.57. The number of alkyl halides is 3. The molecule has 0 radical (unpaired) electrons. The van der Waals surface area contributed by atoms with E-state index in [1.807, 2.05) is 0 Å². The molecule has 1 aromatic heterocycles. The van der Waals surface area contributed by atoms with E-state index in [0.29, 0.717) is 5.56 Å². The van der Waals surface area contributed by atoms with Crippen molar-refractivity contribution in [2.45, 2.75) is 13.1 Å². The van der Waals surface area contributed by atoms with E-state index in [9.17, 15) is 18.0 Å². The van der Waals surface area contributed by atoms with Gasteiger partial charge in [-0.3, -0.25) is 4.79 Å². The summed E-state index contributed by atoms with van der Waals surface area (Å²) in [5.74, 6) is 0.162. The van der Waals surface area contributed by atoms with E-state index in [4.69, 9.17) is 0 Å². The predicted octanol–water partition coefficient (Wildman–Crippen LogP) is 3.70. The van der Waals surface area contributed by atoms with Gasteiger partial charge in [0.15, 0.2) is 5.82 Å². The van der Waals surface area contributed by atoms with Crippen LogP contribution < -0.4 is 0 Å². The quantitative estimate of drug-likeness (QED) is 0.443. The molecule has 0 bridgehead atoms. The summed E-state index contributed by atoms with van der Waals surface area (Å²) in [4.78, 5) is 14.8. The summed E-state index contributed by atoms with van der Waals surface area (Å²) in [6, 6.07) is 3.64. The number of nitrogens with zero attached hydrogens (tertiary/aromatic N) is 3. The maximum Gasteiger partial charge on any atom is 0.416 e. The minimum Gasteiger partial charge on any atom is -0.283 e. The second-order valence-corrected chi connectivity index (χ2v) is 5.32. The van der Waals surface area contributed by atoms with Gasteiger partial charge in [0, 0.05) is 40.4 Å². The Morgan fingerprint density at radius 2 is 2.05 bits per heavy atom. The van der Waals surface area contributed by atoms with Gasteiger partial charge in [0.2, 0.25) is 3.79 Å². The normalized spacial score (nSPS) is 12.0. The lowest BCUT2D eigenvalue weighted by molar-refractivity contribution is -0.137. The zero-order chi connectivity index (χ0) is 15.6. The summed E-state index contributed by atoms with van der Waals surface area (Å²) in [5.41, 5.74) is -0.00346. The van der Waals surface area contributed by atoms with Gasteiger partial charge in [0.25, 0.3) is 0 Å². The number of carbonyl (C=O) groups excluding carboxylic acids is 1. The Bertz CT molecular complexity index is 707. The number of halogens is 4. The van der Waals surface area contributed by atoms with Crippen molar-refractivity contribution >= 4 is 32.6 Å². The lowest BCUT2D eigenvalue weighted by Crippen LogP contribution is -2.05. The minimum atomic E-state index is -4.42. The zero-order valence-electron chi connectivity index (χ0n) is 10.7. The van der Waals surface area contributed by atoms with Crippen molar-refractivity contribution in [2.75, 3.05) is 0 Å². The Kier molecular flexibility index (Phi) is 4.45. The van der Waals surface area contributed by atoms with Crippen molar-refractivity contribution in [3.8, 4) is 11.4 Å². The van der Waals surface area contributed by atoms with Crippen LogP contribution in [0.1, 0.15) is 11.1 Å². The number of aryl methyl sites for hydroxylation is 1. The van der Waals surface area contributed by atoms with Gasteiger partial charge in [-0.1, -0.05) is 0 Å². The first kappa shape index (κ1) is 15.7. The highest BCUT2D eigenvalue weighted by molar-refractivity contribution is 14.1. The highest BCUT2D eigenvalue weighted by atomic mass is 127. The Labute approximate surface area is 131 Å². The second-order valence-electron chi connectivity index (χ2n) is 4.25. The number of benzene rings is 1. The predicted molar refractivity (Wildman–Crippen MR) is 79.6 cm³/mol. The van der Waals surface area contributed by atoms with Crippen molar-refractivity contribution in [1.82, 2.24) is 14.8 Å². The first-order valence-corrected chi connectivity index (χ1v) is 6.81. The van der Waals surface area contributed by atoms with Crippen molar-refractivity contribution in [2.24, 2.45) is 0 Å². The molecule has 110 valence electrons. The first-order chi connectivity index (χ1) is 9.75. The van der Waals surface area contributed by atoms with Gasteiger partial charge in [0.1, 0.15) is 6.33 Å². The smallest absolute Gasteiger partial charge is 0.283 e. The molecule has 0 amide bonds. The average molecular weight is 407 g/mol. The highest BCUT2D eigenvalue weighted by Gasteiger charge is 2.31. The van der Waals surface area contributed by atoms with Crippen LogP contribution in [0.15, 0.2) is 30.6 Å². The fourth-order valence-electron chi connectivity index (χ4n) is 1.69. The maximum atomic E-state index is 12.8. The largest absolute Gasteiger partial charge is 0.416 e. The van der Waals surface area contributed by atoms with E-state index in [2.05, 4.69) is 10.1 Å². The summed E-state index contributed by atoms with van der Waals surface area (Å²) >= 11 is 1.59. The number of hydrogen-bond acceptors (Lipinski definition) is 3. The summed E-state index contributed by atoms with van der Waals surface area (Å²) in [7, 11) is 0. The van der Waals surface area contributed by atoms with Crippen LogP contribution in [-0.4, -0.2) is 18.6 Å². The van der Waals surface area contributed by atoms with Gasteiger partial charge >= 0.3 is 6.18 Å². The molecule has 0 saturated carbocycles. The molecule has 1 aromatic carbocycles. The molecule has 0 unspecified atom stereocenters. The Morgan fingerprint density at radius 1 is 1.33 bits per heavy atom. The van der Waals surface area contributed by atoms with Crippen LogP contribution in [0, 0.1) is 6.92 Å². The Balaban J connectivity index is 2.39. The van der Waals surface area contributed by atoms with Crippen LogP contribution in [0.2, 0.25) is 0 Å². The zero-order valence-corrected chi connectivity index (χ0v) is 12.9. The molecule has 8 heteroatoms. The van der Waals surface area contributed by atoms with Crippen LogP contribution in [-0.2, 0) is 11.0 Å². The van der Waals surface area contributed by atoms with E-state index in [1.54, 1.807) is 35.6 Å². The molecule has 0 aliphatic carbocycles. The number of allylic oxidation sites excluding steroid dienone is 1. The van der Waals surface area contributed by atoms with Gasteiger partial charge < -0.3 is 0 Å². The first-order valence-electron chi connectivity index (χ1n) is 5.74. The SMILES string of the molecule is Cc1cc(-c2ncn(/C=C\C(=O)I)n2)cc(C(F)(F)F)c1. The Hall–Kier alpha value is -1.71. The average Bonchev–Trinajstić information content (AvgIpc) is 2.83. The fourth-order valence-corrected chi connectivity index (χ4v) is 1.85. The van der Waals surface area contributed by atoms with Crippen molar-refractivity contribution < 1.29 is 18.0 Å². The molecule has 4 nitrogen and oxygen atoms in total. The molecule has 1 heterocycles. The number of carbonyl (C=O) groups is 1. The maximum absolute atomic E-state index is 12.8. The summed E-state index contributed by atoms with van der Waals surface area (Å²) < 4.78 is 39.4. The van der Waals surface area contributed by atoms with Crippen molar-refractivity contribution in [3.05, 3.63) is 41.7 Å². The van der Waals surface area contributed by atoms with Crippen molar-refractivity contribution in [1.29, 1.82) is 0 Å². The monoisotopic (exact) mass is 407 g/mol. The molecule has 0 aliphatic heterocycles. The standard InChI is InChI=1S/C13H9F3IN3O/c1-8-4-9(6-10(5-8)13(14,15)16)12-18-7-20(19-12)3-2-11(17)21/h2-7H,1H3/b3-2-. The van der Waals surface area contributed by atoms with E-state index < -0.39 is 11.7 Å². The molecule has 21 heavy (non-hydrogen) atoms. The molecule has 0 spiro atoms. The van der Waals surface area contributed by atoms with Gasteiger partial charge in [-0.05, 0) is 30.7 Å². The highest BCUT2D eigenvalue weighted by Crippen LogP contribution is 2.32. The van der Waals surface area contributed by atoms with Crippen LogP contribution in [0.3, 0.4) is 0 Å². The van der Waals surface area contributed by atoms with E-state index in [0.717, 1.165) is 12.1 Å². The molecule has 0 aliphatic rings. The lowest BCUT2D eigenvalue weighted by Gasteiger charge is -2.09. The topological polar surface area (TPSA) is 47.8 Å². The molecule has 0 saturated heterocycles. The molecular formula is C13H9F3IN3O. The molecular weight excluding hydrogens is 398 g/mol. The van der Waals surface area contributed by atoms with Gasteiger partial charge in [0.05, 0.1) is 5.56 Å². The summed E-state index contributed by atoms with van der Waals surface area (Å²) in [5, 5.41) is 4.01. The van der Waals surface area contributed by atoms with Gasteiger partial charge in [-0.15, -0.1) is 5.10 Å². The third-order valence-corrected chi connectivity index (χ3v) is 2.89. The van der Waals surface area contributed by atoms with Crippen LogP contribution in [0.5, 0.6) is 0 Å². The minimum absolute atomic E-state index is 0.162. The van der Waals surface area contributed by atoms with E-state index in [1.165, 1.54) is 23.3 Å². The fraction of sp³-hybridized carbons (Fsp3) is 0.154. The van der Waals surface area contributed by atoms with Crippen LogP contribution >= 0.6 is 22.6 Å². The summed E-state index contributed by atoms with van der Waals surface area (Å²) in [6.07, 6.45) is -0.444. The van der Waals surface area contributed by atoms with E-state index >= 15 is 0 Å².